The van der Waals surface area contributed by atoms with E-state index >= 15 is 0 Å². The van der Waals surface area contributed by atoms with Gasteiger partial charge in [-0.1, -0.05) is 0 Å². The third kappa shape index (κ3) is 6.87. The molecule has 12 nitrogen and oxygen atoms in total. The number of ether oxygens (including phenoxy) is 2. The van der Waals surface area contributed by atoms with Crippen molar-refractivity contribution in [2.24, 2.45) is 0 Å². The lowest BCUT2D eigenvalue weighted by molar-refractivity contribution is -0.155. The predicted molar refractivity (Wildman–Crippen MR) is 147 cm³/mol. The highest BCUT2D eigenvalue weighted by atomic mass is 19.3. The molecular weight excluding hydrogens is 633 g/mol. The monoisotopic (exact) mass is 662 g/mol. The van der Waals surface area contributed by atoms with Crippen molar-refractivity contribution >= 4 is 23.3 Å². The summed E-state index contributed by atoms with van der Waals surface area (Å²) >= 11 is 0. The highest BCUT2D eigenvalue weighted by molar-refractivity contribution is 5.98. The Balaban J connectivity index is 1.35. The summed E-state index contributed by atoms with van der Waals surface area (Å²) in [6.07, 6.45) is -5.32. The van der Waals surface area contributed by atoms with Gasteiger partial charge in [-0.3, -0.25) is 9.69 Å². The predicted octanol–water partition coefficient (Wildman–Crippen LogP) is 3.40. The lowest BCUT2D eigenvalue weighted by Gasteiger charge is -2.31. The summed E-state index contributed by atoms with van der Waals surface area (Å²) in [7, 11) is 1.25. The zero-order valence-electron chi connectivity index (χ0n) is 24.2. The fourth-order valence-corrected chi connectivity index (χ4v) is 5.28. The van der Waals surface area contributed by atoms with Gasteiger partial charge in [0.25, 0.3) is 11.8 Å². The normalized spacial score (nSPS) is 20.3. The highest BCUT2D eigenvalue weighted by Gasteiger charge is 2.44. The number of carbonyl (C=O) groups is 2. The average Bonchev–Trinajstić information content (AvgIpc) is 3.57. The third-order valence-corrected chi connectivity index (χ3v) is 7.76. The molecule has 2 aliphatic rings. The number of carbonyl (C=O) groups excluding carboxylic acids is 2. The molecule has 0 unspecified atom stereocenters. The molecule has 0 radical (unpaired) electrons. The summed E-state index contributed by atoms with van der Waals surface area (Å²) in [6.45, 7) is -2.44. The first-order valence-corrected chi connectivity index (χ1v) is 14.0. The Hall–Kier alpha value is -4.42. The van der Waals surface area contributed by atoms with Gasteiger partial charge >= 0.3 is 18.4 Å². The van der Waals surface area contributed by atoms with E-state index < -0.39 is 62.2 Å². The molecule has 2 atom stereocenters. The number of pyridine rings is 1. The maximum Gasteiger partial charge on any atom is 0.410 e. The van der Waals surface area contributed by atoms with Crippen LogP contribution in [0.5, 0.6) is 5.88 Å². The third-order valence-electron chi connectivity index (χ3n) is 7.76. The molecule has 19 heteroatoms. The number of piperidine rings is 1. The molecule has 0 aromatic carbocycles. The molecule has 5 rings (SSSR count). The Bertz CT molecular complexity index is 1600. The molecule has 2 fully saturated rings. The van der Waals surface area contributed by atoms with Crippen molar-refractivity contribution < 1.29 is 49.8 Å². The molecule has 2 amide bonds. The van der Waals surface area contributed by atoms with Crippen LogP contribution >= 0.6 is 0 Å². The Labute approximate surface area is 256 Å². The van der Waals surface area contributed by atoms with Gasteiger partial charge in [0, 0.05) is 50.8 Å². The summed E-state index contributed by atoms with van der Waals surface area (Å²) in [6, 6.07) is 1.80. The molecule has 0 bridgehead atoms. The second-order valence-corrected chi connectivity index (χ2v) is 11.0. The number of nitrogens with two attached hydrogens (primary N) is 1. The minimum Gasteiger partial charge on any atom is -0.480 e. The second kappa shape index (κ2) is 12.8. The van der Waals surface area contributed by atoms with E-state index in [9.17, 15) is 40.3 Å². The molecule has 2 saturated heterocycles. The van der Waals surface area contributed by atoms with Crippen molar-refractivity contribution in [1.29, 1.82) is 0 Å². The number of alkyl halides is 7. The van der Waals surface area contributed by atoms with Crippen LogP contribution in [0.2, 0.25) is 0 Å². The van der Waals surface area contributed by atoms with E-state index in [2.05, 4.69) is 25.1 Å². The molecule has 3 N–H and O–H groups in total. The molecular formula is C27H29F7N8O4. The van der Waals surface area contributed by atoms with Gasteiger partial charge in [-0.15, -0.1) is 0 Å². The summed E-state index contributed by atoms with van der Waals surface area (Å²) in [4.78, 5) is 36.2. The quantitative estimate of drug-likeness (QED) is 0.330. The molecule has 3 aromatic heterocycles. The largest absolute Gasteiger partial charge is 0.480 e. The maximum absolute atomic E-state index is 14.8. The van der Waals surface area contributed by atoms with Crippen LogP contribution < -0.4 is 15.8 Å². The minimum absolute atomic E-state index is 0.134. The fraction of sp³-hybridized carbons (Fsp3) is 0.519. The van der Waals surface area contributed by atoms with E-state index in [0.29, 0.717) is 27.2 Å². The smallest absolute Gasteiger partial charge is 0.410 e. The SMILES string of the molecule is COc1ncc(-c2cc(CN3CCC(F)(F)CC3)c3c(N)ncnn23)cc1C(=O)N[C@@H]1CN(C(=O)OCC(F)(F)C(F)F)C[C@@H]1F. The van der Waals surface area contributed by atoms with Crippen molar-refractivity contribution in [3.8, 4) is 17.1 Å². The van der Waals surface area contributed by atoms with Crippen molar-refractivity contribution in [2.75, 3.05) is 45.6 Å². The number of fused-ring (bicyclic) bond motifs is 1. The number of hydrogen-bond donors (Lipinski definition) is 2. The number of nitrogen functional groups attached to an aromatic ring is 1. The van der Waals surface area contributed by atoms with Gasteiger partial charge in [0.1, 0.15) is 23.6 Å². The minimum atomic E-state index is -4.58. The fourth-order valence-electron chi connectivity index (χ4n) is 5.28. The maximum atomic E-state index is 14.8. The van der Waals surface area contributed by atoms with Crippen LogP contribution in [-0.2, 0) is 11.3 Å². The van der Waals surface area contributed by atoms with Crippen LogP contribution in [0.1, 0.15) is 28.8 Å². The van der Waals surface area contributed by atoms with E-state index in [1.165, 1.54) is 30.2 Å². The van der Waals surface area contributed by atoms with Crippen LogP contribution in [0.3, 0.4) is 0 Å². The van der Waals surface area contributed by atoms with Gasteiger partial charge in [0.2, 0.25) is 5.88 Å². The number of halogens is 7. The number of rotatable bonds is 9. The summed E-state index contributed by atoms with van der Waals surface area (Å²) in [5.41, 5.74) is 7.87. The summed E-state index contributed by atoms with van der Waals surface area (Å²) in [5, 5.41) is 6.68. The van der Waals surface area contributed by atoms with Crippen LogP contribution in [0.4, 0.5) is 41.3 Å². The van der Waals surface area contributed by atoms with Gasteiger partial charge in [-0.05, 0) is 17.7 Å². The van der Waals surface area contributed by atoms with E-state index in [0.717, 1.165) is 0 Å². The Morgan fingerprint density at radius 1 is 1.17 bits per heavy atom. The Morgan fingerprint density at radius 2 is 1.89 bits per heavy atom. The standard InChI is InChI=1S/C27H29F7N8O4/c1-45-23-16(22(43)39-18-11-41(10-17(18)28)25(44)46-12-27(33,34)24(29)30)6-14(8-36-23)19-7-15(20-21(35)37-13-38-42(19)20)9-40-4-2-26(31,32)3-5-40/h6-8,13,17-18,24H,2-5,9-12H2,1H3,(H,39,43)(H2,35,37,38)/t17-,18+/m0/s1. The molecule has 46 heavy (non-hydrogen) atoms. The topological polar surface area (TPSA) is 140 Å². The Morgan fingerprint density at radius 3 is 2.57 bits per heavy atom. The molecule has 250 valence electrons. The number of methoxy groups -OCH3 is 1. The highest BCUT2D eigenvalue weighted by Crippen LogP contribution is 2.33. The number of nitrogens with zero attached hydrogens (tertiary/aromatic N) is 6. The zero-order chi connectivity index (χ0) is 33.4. The summed E-state index contributed by atoms with van der Waals surface area (Å²) in [5.74, 6) is -8.17. The summed E-state index contributed by atoms with van der Waals surface area (Å²) < 4.78 is 104. The second-order valence-electron chi connectivity index (χ2n) is 11.0. The zero-order valence-corrected chi connectivity index (χ0v) is 24.2. The van der Waals surface area contributed by atoms with Crippen LogP contribution in [0.15, 0.2) is 24.7 Å². The number of nitrogens with one attached hydrogen (secondary N) is 1. The van der Waals surface area contributed by atoms with Gasteiger partial charge in [0.05, 0.1) is 25.4 Å². The van der Waals surface area contributed by atoms with E-state index in [4.69, 9.17) is 10.5 Å². The molecule has 5 heterocycles. The first-order valence-electron chi connectivity index (χ1n) is 14.0. The van der Waals surface area contributed by atoms with Crippen LogP contribution in [0, 0.1) is 0 Å². The number of likely N-dealkylation sites (tertiary alicyclic amines) is 2. The number of hydrogen-bond acceptors (Lipinski definition) is 9. The lowest BCUT2D eigenvalue weighted by Crippen LogP contribution is -2.42. The molecule has 2 aliphatic heterocycles. The molecule has 3 aromatic rings. The van der Waals surface area contributed by atoms with E-state index in [1.807, 2.05) is 4.90 Å². The van der Waals surface area contributed by atoms with E-state index in [1.54, 1.807) is 6.07 Å². The molecule has 0 saturated carbocycles. The first-order chi connectivity index (χ1) is 21.7. The molecule has 0 aliphatic carbocycles. The first kappa shape index (κ1) is 33.0. The van der Waals surface area contributed by atoms with E-state index in [-0.39, 0.29) is 49.7 Å². The van der Waals surface area contributed by atoms with Crippen molar-refractivity contribution in [2.45, 2.75) is 49.9 Å². The van der Waals surface area contributed by atoms with Crippen LogP contribution in [0.25, 0.3) is 16.8 Å². The van der Waals surface area contributed by atoms with Gasteiger partial charge in [-0.2, -0.15) is 13.9 Å². The van der Waals surface area contributed by atoms with Crippen molar-refractivity contribution in [3.63, 3.8) is 0 Å². The van der Waals surface area contributed by atoms with Gasteiger partial charge in [-0.25, -0.2) is 41.2 Å². The number of amides is 2. The van der Waals surface area contributed by atoms with Crippen molar-refractivity contribution in [1.82, 2.24) is 34.7 Å². The average molecular weight is 663 g/mol. The number of anilines is 1. The van der Waals surface area contributed by atoms with Crippen molar-refractivity contribution in [3.05, 3.63) is 35.8 Å². The van der Waals surface area contributed by atoms with Crippen LogP contribution in [-0.4, -0.2) is 112 Å². The van der Waals surface area contributed by atoms with Gasteiger partial charge in [0.15, 0.2) is 12.4 Å². The Kier molecular flexibility index (Phi) is 9.14. The lowest BCUT2D eigenvalue weighted by atomic mass is 10.1. The molecule has 0 spiro atoms. The van der Waals surface area contributed by atoms with Gasteiger partial charge < -0.3 is 25.4 Å². The number of aromatic nitrogens is 4.